The van der Waals surface area contributed by atoms with Gasteiger partial charge in [-0.1, -0.05) is 0 Å². The van der Waals surface area contributed by atoms with Crippen molar-refractivity contribution in [3.05, 3.63) is 0 Å². The Balaban J connectivity index is 2.66. The van der Waals surface area contributed by atoms with Crippen LogP contribution in [0, 0.1) is 11.8 Å². The maximum atomic E-state index is 13.1. The van der Waals surface area contributed by atoms with Gasteiger partial charge in [0.05, 0.1) is 11.5 Å². The van der Waals surface area contributed by atoms with Crippen LogP contribution in [0.4, 0.5) is 8.78 Å². The number of halogens is 2. The van der Waals surface area contributed by atoms with Gasteiger partial charge in [0.1, 0.15) is 0 Å². The molecule has 1 fully saturated rings. The minimum Gasteiger partial charge on any atom is -0.455 e. The minimum atomic E-state index is -5.65. The number of alkyl halides is 2. The zero-order valence-electron chi connectivity index (χ0n) is 10.6. The summed E-state index contributed by atoms with van der Waals surface area (Å²) >= 11 is 0. The van der Waals surface area contributed by atoms with Crippen LogP contribution in [-0.4, -0.2) is 41.0 Å². The van der Waals surface area contributed by atoms with Crippen molar-refractivity contribution in [1.82, 2.24) is 0 Å². The summed E-state index contributed by atoms with van der Waals surface area (Å²) in [6, 6.07) is 0. The molecule has 0 saturated heterocycles. The van der Waals surface area contributed by atoms with Gasteiger partial charge in [-0.05, 0) is 27.2 Å². The Morgan fingerprint density at radius 2 is 1.89 bits per heavy atom. The molecule has 0 amide bonds. The lowest BCUT2D eigenvalue weighted by molar-refractivity contribution is -0.162. The summed E-state index contributed by atoms with van der Waals surface area (Å²) in [6.07, 6.45) is -2.02. The van der Waals surface area contributed by atoms with Crippen molar-refractivity contribution in [2.45, 2.75) is 44.2 Å². The number of ether oxygens (including phenoxy) is 1. The van der Waals surface area contributed by atoms with Crippen molar-refractivity contribution in [3.8, 4) is 0 Å². The molecule has 1 aliphatic carbocycles. The quantitative estimate of drug-likeness (QED) is 0.575. The highest BCUT2D eigenvalue weighted by Crippen LogP contribution is 2.47. The Kier molecular flexibility index (Phi) is 3.97. The Bertz CT molecular complexity index is 467. The molecule has 3 unspecified atom stereocenters. The highest BCUT2D eigenvalue weighted by atomic mass is 32.2. The lowest BCUT2D eigenvalue weighted by Crippen LogP contribution is -2.42. The van der Waals surface area contributed by atoms with Gasteiger partial charge in [0.15, 0.2) is 6.10 Å². The highest BCUT2D eigenvalue weighted by molar-refractivity contribution is 7.86. The first kappa shape index (κ1) is 16.3. The van der Waals surface area contributed by atoms with Gasteiger partial charge in [0.2, 0.25) is 0 Å². The van der Waals surface area contributed by atoms with E-state index in [-0.39, 0.29) is 6.42 Å². The number of carbonyl (C=O) groups is 1. The SMILES string of the molecule is CC(OC(=O)C1CC1C(C)(C)O)C(F)(F)S(=O)(=O)O. The maximum Gasteiger partial charge on any atom is 0.405 e. The zero-order valence-corrected chi connectivity index (χ0v) is 11.4. The molecule has 3 atom stereocenters. The van der Waals surface area contributed by atoms with E-state index >= 15 is 0 Å². The number of aliphatic hydroxyl groups is 1. The van der Waals surface area contributed by atoms with Crippen LogP contribution >= 0.6 is 0 Å². The summed E-state index contributed by atoms with van der Waals surface area (Å²) in [6.45, 7) is 3.62. The molecule has 112 valence electrons. The fraction of sp³-hybridized carbons (Fsp3) is 0.900. The van der Waals surface area contributed by atoms with E-state index in [1.807, 2.05) is 0 Å². The lowest BCUT2D eigenvalue weighted by atomic mass is 10.0. The van der Waals surface area contributed by atoms with E-state index in [0.29, 0.717) is 6.92 Å². The monoisotopic (exact) mass is 302 g/mol. The smallest absolute Gasteiger partial charge is 0.405 e. The third kappa shape index (κ3) is 3.40. The molecule has 1 rings (SSSR count). The number of hydrogen-bond acceptors (Lipinski definition) is 5. The zero-order chi connectivity index (χ0) is 15.2. The van der Waals surface area contributed by atoms with E-state index in [1.54, 1.807) is 0 Å². The van der Waals surface area contributed by atoms with Crippen LogP contribution in [-0.2, 0) is 19.6 Å². The molecule has 0 aromatic rings. The van der Waals surface area contributed by atoms with Crippen molar-refractivity contribution in [2.75, 3.05) is 0 Å². The highest BCUT2D eigenvalue weighted by Gasteiger charge is 2.56. The molecular weight excluding hydrogens is 286 g/mol. The van der Waals surface area contributed by atoms with Crippen LogP contribution < -0.4 is 0 Å². The molecule has 0 aromatic carbocycles. The van der Waals surface area contributed by atoms with Crippen molar-refractivity contribution in [1.29, 1.82) is 0 Å². The lowest BCUT2D eigenvalue weighted by Gasteiger charge is -2.21. The predicted molar refractivity (Wildman–Crippen MR) is 59.9 cm³/mol. The van der Waals surface area contributed by atoms with E-state index in [2.05, 4.69) is 4.74 Å². The van der Waals surface area contributed by atoms with Gasteiger partial charge in [0.25, 0.3) is 0 Å². The summed E-state index contributed by atoms with van der Waals surface area (Å²) in [7, 11) is -5.65. The predicted octanol–water partition coefficient (Wildman–Crippen LogP) is 0.806. The van der Waals surface area contributed by atoms with Gasteiger partial charge in [-0.15, -0.1) is 0 Å². The largest absolute Gasteiger partial charge is 0.455 e. The van der Waals surface area contributed by atoms with Gasteiger partial charge in [-0.3, -0.25) is 9.35 Å². The molecule has 0 spiro atoms. The summed E-state index contributed by atoms with van der Waals surface area (Å²) < 4.78 is 59.9. The molecule has 0 bridgehead atoms. The van der Waals surface area contributed by atoms with Crippen molar-refractivity contribution >= 4 is 16.1 Å². The van der Waals surface area contributed by atoms with Gasteiger partial charge in [-0.2, -0.15) is 17.2 Å². The fourth-order valence-corrected chi connectivity index (χ4v) is 2.24. The molecule has 2 N–H and O–H groups in total. The molecule has 19 heavy (non-hydrogen) atoms. The number of esters is 1. The topological polar surface area (TPSA) is 101 Å². The maximum absolute atomic E-state index is 13.1. The second kappa shape index (κ2) is 4.64. The van der Waals surface area contributed by atoms with E-state index in [1.165, 1.54) is 13.8 Å². The van der Waals surface area contributed by atoms with Gasteiger partial charge in [0, 0.05) is 5.92 Å². The molecule has 1 saturated carbocycles. The summed E-state index contributed by atoms with van der Waals surface area (Å²) in [5.74, 6) is -2.16. The first-order valence-electron chi connectivity index (χ1n) is 5.56. The molecule has 6 nitrogen and oxygen atoms in total. The summed E-state index contributed by atoms with van der Waals surface area (Å²) in [5.41, 5.74) is -1.14. The molecule has 1 aliphatic rings. The van der Waals surface area contributed by atoms with E-state index in [9.17, 15) is 27.1 Å². The van der Waals surface area contributed by atoms with Crippen LogP contribution in [0.25, 0.3) is 0 Å². The normalized spacial score (nSPS) is 25.8. The first-order valence-corrected chi connectivity index (χ1v) is 7.00. The molecule has 0 aromatic heterocycles. The molecule has 0 radical (unpaired) electrons. The van der Waals surface area contributed by atoms with Crippen molar-refractivity contribution in [3.63, 3.8) is 0 Å². The molecule has 0 aliphatic heterocycles. The Morgan fingerprint density at radius 1 is 1.42 bits per heavy atom. The Hall–Kier alpha value is -0.800. The number of carbonyl (C=O) groups excluding carboxylic acids is 1. The van der Waals surface area contributed by atoms with Crippen LogP contribution in [0.3, 0.4) is 0 Å². The molecule has 9 heteroatoms. The third-order valence-electron chi connectivity index (χ3n) is 3.11. The minimum absolute atomic E-state index is 0.284. The fourth-order valence-electron chi connectivity index (χ4n) is 1.78. The molecule has 0 heterocycles. The third-order valence-corrected chi connectivity index (χ3v) is 4.13. The van der Waals surface area contributed by atoms with Gasteiger partial charge < -0.3 is 9.84 Å². The van der Waals surface area contributed by atoms with Crippen molar-refractivity contribution < 1.29 is 36.4 Å². The molecular formula is C10H16F2O6S. The summed E-state index contributed by atoms with van der Waals surface area (Å²) in [5, 5.41) is 5.04. The van der Waals surface area contributed by atoms with Crippen molar-refractivity contribution in [2.24, 2.45) is 11.8 Å². The second-order valence-electron chi connectivity index (χ2n) is 5.22. The van der Waals surface area contributed by atoms with Gasteiger partial charge in [-0.25, -0.2) is 0 Å². The first-order chi connectivity index (χ1) is 8.28. The van der Waals surface area contributed by atoms with E-state index < -0.39 is 44.9 Å². The number of rotatable bonds is 5. The summed E-state index contributed by atoms with van der Waals surface area (Å²) in [4.78, 5) is 11.5. The van der Waals surface area contributed by atoms with Crippen LogP contribution in [0.2, 0.25) is 0 Å². The average Bonchev–Trinajstić information content (AvgIpc) is 2.93. The van der Waals surface area contributed by atoms with Gasteiger partial charge >= 0.3 is 21.3 Å². The number of hydrogen-bond donors (Lipinski definition) is 2. The van der Waals surface area contributed by atoms with E-state index in [4.69, 9.17) is 4.55 Å². The van der Waals surface area contributed by atoms with Crippen LogP contribution in [0.5, 0.6) is 0 Å². The van der Waals surface area contributed by atoms with Crippen LogP contribution in [0.15, 0.2) is 0 Å². The Morgan fingerprint density at radius 3 is 2.21 bits per heavy atom. The van der Waals surface area contributed by atoms with Crippen LogP contribution in [0.1, 0.15) is 27.2 Å². The average molecular weight is 302 g/mol. The Labute approximate surface area is 109 Å². The second-order valence-corrected chi connectivity index (χ2v) is 6.71. The van der Waals surface area contributed by atoms with E-state index in [0.717, 1.165) is 0 Å². The standard InChI is InChI=1S/C10H16F2O6S/c1-5(10(11,12)19(15,16)17)18-8(13)6-4-7(6)9(2,3)14/h5-7,14H,4H2,1-3H3,(H,15,16,17).